The molecule has 3 rings (SSSR count). The van der Waals surface area contributed by atoms with E-state index in [2.05, 4.69) is 16.0 Å². The zero-order chi connectivity index (χ0) is 30.4. The average molecular weight is 594 g/mol. The molecule has 2 fully saturated rings. The number of nitrogens with two attached hydrogens (primary N) is 1. The number of hydrogen-bond donors (Lipinski definition) is 4. The van der Waals surface area contributed by atoms with E-state index in [1.165, 1.54) is 22.7 Å². The van der Waals surface area contributed by atoms with Crippen LogP contribution in [0.15, 0.2) is 30.3 Å². The van der Waals surface area contributed by atoms with Gasteiger partial charge in [-0.15, -0.1) is 0 Å². The first-order valence-electron chi connectivity index (χ1n) is 13.8. The number of hydrogen-bond acceptors (Lipinski definition) is 7. The van der Waals surface area contributed by atoms with E-state index in [9.17, 15) is 27.6 Å². The van der Waals surface area contributed by atoms with Crippen LogP contribution in [-0.2, 0) is 35.8 Å². The van der Waals surface area contributed by atoms with Crippen molar-refractivity contribution in [3.8, 4) is 0 Å². The van der Waals surface area contributed by atoms with Gasteiger partial charge in [-0.25, -0.2) is 0 Å². The first-order chi connectivity index (χ1) is 19.2. The molecule has 2 aliphatic rings. The Morgan fingerprint density at radius 1 is 1.00 bits per heavy atom. The molecule has 2 saturated heterocycles. The molecule has 13 nitrogen and oxygen atoms in total. The van der Waals surface area contributed by atoms with Gasteiger partial charge in [-0.1, -0.05) is 44.2 Å². The largest absolute Gasteiger partial charge is 0.346 e. The Morgan fingerprint density at radius 3 is 2.24 bits per heavy atom. The van der Waals surface area contributed by atoms with Gasteiger partial charge in [0.25, 0.3) is 10.2 Å². The minimum absolute atomic E-state index is 0.0784. The van der Waals surface area contributed by atoms with Crippen LogP contribution in [0.1, 0.15) is 32.3 Å². The molecule has 4 amide bonds. The minimum Gasteiger partial charge on any atom is -0.346 e. The number of nitrogens with zero attached hydrogens (tertiary/aromatic N) is 3. The van der Waals surface area contributed by atoms with Gasteiger partial charge in [-0.05, 0) is 30.7 Å². The van der Waals surface area contributed by atoms with Gasteiger partial charge in [0.05, 0.1) is 19.1 Å². The van der Waals surface area contributed by atoms with Crippen LogP contribution in [0.2, 0.25) is 0 Å². The highest BCUT2D eigenvalue weighted by Gasteiger charge is 2.51. The number of rotatable bonds is 13. The van der Waals surface area contributed by atoms with Crippen molar-refractivity contribution in [2.45, 2.75) is 45.2 Å². The van der Waals surface area contributed by atoms with E-state index in [0.717, 1.165) is 5.56 Å². The third-order valence-electron chi connectivity index (χ3n) is 7.43. The summed E-state index contributed by atoms with van der Waals surface area (Å²) in [6.45, 7) is 4.88. The van der Waals surface area contributed by atoms with Crippen LogP contribution in [0.25, 0.3) is 0 Å². The summed E-state index contributed by atoms with van der Waals surface area (Å²) in [5.74, 6) is -1.70. The van der Waals surface area contributed by atoms with E-state index in [1.807, 2.05) is 44.2 Å². The minimum atomic E-state index is -3.50. The maximum atomic E-state index is 12.9. The molecule has 2 aliphatic heterocycles. The molecule has 2 atom stereocenters. The molecule has 0 radical (unpaired) electrons. The van der Waals surface area contributed by atoms with Gasteiger partial charge in [0.1, 0.15) is 6.04 Å². The van der Waals surface area contributed by atoms with E-state index in [0.29, 0.717) is 45.4 Å². The lowest BCUT2D eigenvalue weighted by Gasteiger charge is -2.48. The number of amides is 4. The van der Waals surface area contributed by atoms with Crippen molar-refractivity contribution in [3.05, 3.63) is 35.9 Å². The molecule has 0 aliphatic carbocycles. The molecule has 2 heterocycles. The van der Waals surface area contributed by atoms with Crippen molar-refractivity contribution in [1.82, 2.24) is 29.5 Å². The quantitative estimate of drug-likeness (QED) is 0.219. The van der Waals surface area contributed by atoms with Gasteiger partial charge in [0.15, 0.2) is 0 Å². The van der Waals surface area contributed by atoms with Gasteiger partial charge >= 0.3 is 0 Å². The highest BCUT2D eigenvalue weighted by molar-refractivity contribution is 7.86. The van der Waals surface area contributed by atoms with Crippen molar-refractivity contribution in [2.75, 3.05) is 53.4 Å². The van der Waals surface area contributed by atoms with E-state index in [-0.39, 0.29) is 30.3 Å². The van der Waals surface area contributed by atoms with E-state index in [4.69, 9.17) is 5.73 Å². The SMILES string of the molecule is CC(C)CC(NC(=O)CNC(=O)C(N)Cc1ccccc1)C(=O)NCC(=O)N1CC2(CCN(S(=O)(=O)N(C)C)C2)C1. The van der Waals surface area contributed by atoms with Gasteiger partial charge < -0.3 is 26.6 Å². The predicted molar refractivity (Wildman–Crippen MR) is 153 cm³/mol. The Labute approximate surface area is 242 Å². The predicted octanol–water partition coefficient (Wildman–Crippen LogP) is -1.34. The Balaban J connectivity index is 1.43. The van der Waals surface area contributed by atoms with Crippen LogP contribution in [0.3, 0.4) is 0 Å². The first-order valence-corrected chi connectivity index (χ1v) is 15.2. The van der Waals surface area contributed by atoms with Gasteiger partial charge in [0, 0.05) is 45.7 Å². The molecular formula is C27H43N7O6S. The maximum absolute atomic E-state index is 12.9. The summed E-state index contributed by atoms with van der Waals surface area (Å²) in [6.07, 6.45) is 1.34. The standard InChI is InChI=1S/C27H43N7O6S/c1-19(2)12-22(31-23(35)14-29-25(37)21(28)13-20-8-6-5-7-9-20)26(38)30-15-24(36)33-16-27(17-33)10-11-34(18-27)41(39,40)32(3)4/h5-9,19,21-22H,10-18,28H2,1-4H3,(H,29,37)(H,30,38)(H,31,35). The first kappa shape index (κ1) is 32.4. The smallest absolute Gasteiger partial charge is 0.281 e. The number of likely N-dealkylation sites (tertiary alicyclic amines) is 1. The molecule has 41 heavy (non-hydrogen) atoms. The molecule has 1 spiro atoms. The second-order valence-electron chi connectivity index (χ2n) is 11.6. The summed E-state index contributed by atoms with van der Waals surface area (Å²) in [4.78, 5) is 52.1. The summed E-state index contributed by atoms with van der Waals surface area (Å²) in [6, 6.07) is 7.59. The Kier molecular flexibility index (Phi) is 10.9. The van der Waals surface area contributed by atoms with E-state index >= 15 is 0 Å². The monoisotopic (exact) mass is 593 g/mol. The second-order valence-corrected chi connectivity index (χ2v) is 13.7. The number of benzene rings is 1. The van der Waals surface area contributed by atoms with Crippen molar-refractivity contribution in [3.63, 3.8) is 0 Å². The molecule has 1 aromatic rings. The summed E-state index contributed by atoms with van der Waals surface area (Å²) < 4.78 is 27.4. The fourth-order valence-corrected chi connectivity index (χ4v) is 6.35. The van der Waals surface area contributed by atoms with Crippen molar-refractivity contribution in [1.29, 1.82) is 0 Å². The summed E-state index contributed by atoms with van der Waals surface area (Å²) >= 11 is 0. The molecule has 2 unspecified atom stereocenters. The van der Waals surface area contributed by atoms with Crippen molar-refractivity contribution in [2.24, 2.45) is 17.1 Å². The lowest BCUT2D eigenvalue weighted by molar-refractivity contribution is -0.143. The van der Waals surface area contributed by atoms with Crippen LogP contribution in [0.4, 0.5) is 0 Å². The van der Waals surface area contributed by atoms with Crippen LogP contribution >= 0.6 is 0 Å². The number of nitrogens with one attached hydrogen (secondary N) is 3. The van der Waals surface area contributed by atoms with Gasteiger partial charge in [0.2, 0.25) is 23.6 Å². The average Bonchev–Trinajstić information content (AvgIpc) is 3.36. The second kappa shape index (κ2) is 13.7. The lowest BCUT2D eigenvalue weighted by Crippen LogP contribution is -2.61. The summed E-state index contributed by atoms with van der Waals surface area (Å²) in [5, 5.41) is 7.77. The lowest BCUT2D eigenvalue weighted by atomic mass is 9.79. The molecule has 0 saturated carbocycles. The topological polar surface area (TPSA) is 174 Å². The Hall–Kier alpha value is -3.07. The Bertz CT molecular complexity index is 1200. The molecule has 14 heteroatoms. The van der Waals surface area contributed by atoms with Crippen LogP contribution in [0.5, 0.6) is 0 Å². The van der Waals surface area contributed by atoms with E-state index in [1.54, 1.807) is 4.90 Å². The molecule has 0 bridgehead atoms. The summed E-state index contributed by atoms with van der Waals surface area (Å²) in [7, 11) is -0.510. The highest BCUT2D eigenvalue weighted by Crippen LogP contribution is 2.40. The zero-order valence-corrected chi connectivity index (χ0v) is 25.1. The van der Waals surface area contributed by atoms with Crippen LogP contribution in [0, 0.1) is 11.3 Å². The molecule has 5 N–H and O–H groups in total. The number of carbonyl (C=O) groups is 4. The van der Waals surface area contributed by atoms with Crippen LogP contribution < -0.4 is 21.7 Å². The third-order valence-corrected chi connectivity index (χ3v) is 9.31. The van der Waals surface area contributed by atoms with Gasteiger partial charge in [-0.2, -0.15) is 17.0 Å². The molecule has 228 valence electrons. The number of carbonyl (C=O) groups excluding carboxylic acids is 4. The highest BCUT2D eigenvalue weighted by atomic mass is 32.2. The normalized spacial score (nSPS) is 18.2. The van der Waals surface area contributed by atoms with E-state index < -0.39 is 40.0 Å². The molecular weight excluding hydrogens is 550 g/mol. The third kappa shape index (κ3) is 8.71. The van der Waals surface area contributed by atoms with Crippen molar-refractivity contribution < 1.29 is 27.6 Å². The maximum Gasteiger partial charge on any atom is 0.281 e. The fraction of sp³-hybridized carbons (Fsp3) is 0.630. The summed E-state index contributed by atoms with van der Waals surface area (Å²) in [5.41, 5.74) is 6.60. The zero-order valence-electron chi connectivity index (χ0n) is 24.3. The van der Waals surface area contributed by atoms with Gasteiger partial charge in [-0.3, -0.25) is 19.2 Å². The van der Waals surface area contributed by atoms with Crippen molar-refractivity contribution >= 4 is 33.8 Å². The molecule has 1 aromatic carbocycles. The molecule has 0 aromatic heterocycles. The van der Waals surface area contributed by atoms with Crippen LogP contribution in [-0.4, -0.2) is 111 Å². The Morgan fingerprint density at radius 2 is 1.63 bits per heavy atom. The fourth-order valence-electron chi connectivity index (χ4n) is 5.13.